The van der Waals surface area contributed by atoms with E-state index in [1.807, 2.05) is 0 Å². The predicted octanol–water partition coefficient (Wildman–Crippen LogP) is 7.12. The second-order valence-corrected chi connectivity index (χ2v) is 9.36. The number of hydrogen-bond donors (Lipinski definition) is 2. The number of ether oxygens (including phenoxy) is 2. The molecule has 0 atom stereocenters. The van der Waals surface area contributed by atoms with Crippen molar-refractivity contribution in [3.05, 3.63) is 59.7 Å². The number of carbonyl (C=O) groups is 1. The fourth-order valence-corrected chi connectivity index (χ4v) is 4.37. The molecule has 3 rings (SSSR count). The first kappa shape index (κ1) is 28.3. The zero-order valence-corrected chi connectivity index (χ0v) is 20.3. The highest BCUT2D eigenvalue weighted by atomic mass is 19.4. The van der Waals surface area contributed by atoms with Gasteiger partial charge in [-0.2, -0.15) is 22.0 Å². The molecular formula is C27H31F5N2O3. The van der Waals surface area contributed by atoms with Gasteiger partial charge in [-0.1, -0.05) is 24.6 Å². The molecule has 4 N–H and O–H groups in total. The minimum Gasteiger partial charge on any atom is -0.458 e. The van der Waals surface area contributed by atoms with Gasteiger partial charge in [-0.3, -0.25) is 0 Å². The molecule has 1 aliphatic rings. The van der Waals surface area contributed by atoms with Crippen LogP contribution in [0.15, 0.2) is 48.5 Å². The van der Waals surface area contributed by atoms with Crippen LogP contribution in [0.25, 0.3) is 6.08 Å². The van der Waals surface area contributed by atoms with Crippen molar-refractivity contribution in [2.75, 3.05) is 11.5 Å². The molecule has 0 radical (unpaired) electrons. The number of anilines is 2. The quantitative estimate of drug-likeness (QED) is 0.149. The molecule has 0 unspecified atom stereocenters. The van der Waals surface area contributed by atoms with Gasteiger partial charge in [0.2, 0.25) is 0 Å². The minimum atomic E-state index is -4.18. The summed E-state index contributed by atoms with van der Waals surface area (Å²) in [6, 6.07) is 10.7. The Morgan fingerprint density at radius 2 is 1.65 bits per heavy atom. The summed E-state index contributed by atoms with van der Waals surface area (Å²) in [5.74, 6) is -1.57. The third kappa shape index (κ3) is 9.26. The highest BCUT2D eigenvalue weighted by Crippen LogP contribution is 2.41. The van der Waals surface area contributed by atoms with Gasteiger partial charge in [0.25, 0.3) is 0 Å². The lowest BCUT2D eigenvalue weighted by molar-refractivity contribution is -0.223. The second kappa shape index (κ2) is 12.3. The van der Waals surface area contributed by atoms with Crippen molar-refractivity contribution in [3.63, 3.8) is 0 Å². The summed E-state index contributed by atoms with van der Waals surface area (Å²) in [4.78, 5) is 12.0. The summed E-state index contributed by atoms with van der Waals surface area (Å²) in [5.41, 5.74) is 13.6. The fraction of sp³-hybridized carbons (Fsp3) is 0.444. The molecule has 2 aromatic carbocycles. The molecule has 2 aromatic rings. The van der Waals surface area contributed by atoms with Gasteiger partial charge >= 0.3 is 18.3 Å². The van der Waals surface area contributed by atoms with E-state index in [-0.39, 0.29) is 37.5 Å². The Morgan fingerprint density at radius 3 is 2.27 bits per heavy atom. The molecular weight excluding hydrogens is 495 g/mol. The number of halogens is 5. The summed E-state index contributed by atoms with van der Waals surface area (Å²) in [6.45, 7) is -0.0212. The van der Waals surface area contributed by atoms with Crippen LogP contribution in [0.5, 0.6) is 5.75 Å². The van der Waals surface area contributed by atoms with Crippen LogP contribution < -0.4 is 16.2 Å². The van der Waals surface area contributed by atoms with E-state index in [0.29, 0.717) is 41.8 Å². The van der Waals surface area contributed by atoms with Crippen LogP contribution in [0.2, 0.25) is 0 Å². The van der Waals surface area contributed by atoms with Crippen LogP contribution in [-0.2, 0) is 16.1 Å². The Labute approximate surface area is 212 Å². The van der Waals surface area contributed by atoms with E-state index in [1.165, 1.54) is 36.4 Å². The first-order valence-corrected chi connectivity index (χ1v) is 12.1. The van der Waals surface area contributed by atoms with Crippen molar-refractivity contribution in [1.82, 2.24) is 0 Å². The molecule has 0 spiro atoms. The zero-order chi connectivity index (χ0) is 27.1. The van der Waals surface area contributed by atoms with E-state index in [9.17, 15) is 26.7 Å². The Bertz CT molecular complexity index is 1060. The Morgan fingerprint density at radius 1 is 0.973 bits per heavy atom. The first-order chi connectivity index (χ1) is 17.4. The Balaban J connectivity index is 1.44. The van der Waals surface area contributed by atoms with Crippen LogP contribution in [0, 0.1) is 11.8 Å². The lowest BCUT2D eigenvalue weighted by Gasteiger charge is -2.33. The molecule has 0 aromatic heterocycles. The molecule has 0 bridgehead atoms. The predicted molar refractivity (Wildman–Crippen MR) is 131 cm³/mol. The molecule has 10 heteroatoms. The van der Waals surface area contributed by atoms with Crippen molar-refractivity contribution >= 4 is 23.4 Å². The van der Waals surface area contributed by atoms with Crippen molar-refractivity contribution in [1.29, 1.82) is 0 Å². The molecule has 202 valence electrons. The van der Waals surface area contributed by atoms with E-state index < -0.39 is 30.6 Å². The summed E-state index contributed by atoms with van der Waals surface area (Å²) in [7, 11) is 0. The maximum atomic E-state index is 14.7. The van der Waals surface area contributed by atoms with Gasteiger partial charge < -0.3 is 20.9 Å². The van der Waals surface area contributed by atoms with Crippen LogP contribution in [0.1, 0.15) is 56.1 Å². The lowest BCUT2D eigenvalue weighted by atomic mass is 9.79. The second-order valence-electron chi connectivity index (χ2n) is 9.36. The molecule has 1 fully saturated rings. The number of benzene rings is 2. The molecule has 1 aliphatic carbocycles. The average Bonchev–Trinajstić information content (AvgIpc) is 2.82. The molecule has 37 heavy (non-hydrogen) atoms. The smallest absolute Gasteiger partial charge is 0.400 e. The topological polar surface area (TPSA) is 87.6 Å². The van der Waals surface area contributed by atoms with E-state index in [2.05, 4.69) is 0 Å². The van der Waals surface area contributed by atoms with Crippen molar-refractivity contribution in [3.8, 4) is 5.75 Å². The fourth-order valence-electron chi connectivity index (χ4n) is 4.37. The standard InChI is InChI=1S/C27H31F5N2O3/c28-26(29,30)15-1-2-18-3-9-21(10-4-18)27(31,32)37-23-12-5-19(6-13-23)7-14-25(35)36-17-20-8-11-22(33)16-24(20)34/h5-8,11-14,16,18,21H,1-4,9-10,15,17,33-34H2/b14-7+. The number of nitrogens with two attached hydrogens (primary N) is 2. The maximum absolute atomic E-state index is 14.7. The van der Waals surface area contributed by atoms with Gasteiger partial charge in [-0.15, -0.1) is 0 Å². The molecule has 1 saturated carbocycles. The van der Waals surface area contributed by atoms with Crippen molar-refractivity contribution in [2.45, 2.75) is 63.8 Å². The number of hydrogen-bond acceptors (Lipinski definition) is 5. The molecule has 0 saturated heterocycles. The number of nitrogen functional groups attached to an aromatic ring is 2. The molecule has 5 nitrogen and oxygen atoms in total. The highest BCUT2D eigenvalue weighted by molar-refractivity contribution is 5.87. The van der Waals surface area contributed by atoms with Gasteiger partial charge in [-0.05, 0) is 73.9 Å². The Kier molecular flexibility index (Phi) is 9.39. The minimum absolute atomic E-state index is 0.0177. The van der Waals surface area contributed by atoms with Gasteiger partial charge in [-0.25, -0.2) is 4.79 Å². The number of rotatable bonds is 10. The summed E-state index contributed by atoms with van der Waals surface area (Å²) >= 11 is 0. The maximum Gasteiger partial charge on any atom is 0.400 e. The third-order valence-electron chi connectivity index (χ3n) is 6.48. The highest BCUT2D eigenvalue weighted by Gasteiger charge is 2.44. The monoisotopic (exact) mass is 526 g/mol. The average molecular weight is 527 g/mol. The summed E-state index contributed by atoms with van der Waals surface area (Å²) < 4.78 is 76.4. The third-order valence-corrected chi connectivity index (χ3v) is 6.48. The van der Waals surface area contributed by atoms with Crippen LogP contribution >= 0.6 is 0 Å². The molecule has 0 aliphatic heterocycles. The number of carbonyl (C=O) groups excluding carboxylic acids is 1. The van der Waals surface area contributed by atoms with Gasteiger partial charge in [0.05, 0.1) is 5.92 Å². The number of alkyl halides is 5. The summed E-state index contributed by atoms with van der Waals surface area (Å²) in [6.07, 6.45) is -3.94. The summed E-state index contributed by atoms with van der Waals surface area (Å²) in [5, 5.41) is 0. The van der Waals surface area contributed by atoms with Crippen LogP contribution in [-0.4, -0.2) is 18.3 Å². The van der Waals surface area contributed by atoms with Gasteiger partial charge in [0, 0.05) is 29.4 Å². The van der Waals surface area contributed by atoms with E-state index in [1.54, 1.807) is 18.2 Å². The van der Waals surface area contributed by atoms with Crippen molar-refractivity contribution < 1.29 is 36.2 Å². The van der Waals surface area contributed by atoms with E-state index in [4.69, 9.17) is 20.9 Å². The van der Waals surface area contributed by atoms with Crippen LogP contribution in [0.3, 0.4) is 0 Å². The van der Waals surface area contributed by atoms with Gasteiger partial charge in [0.15, 0.2) is 0 Å². The van der Waals surface area contributed by atoms with Crippen molar-refractivity contribution in [2.24, 2.45) is 11.8 Å². The SMILES string of the molecule is Nc1ccc(COC(=O)/C=C/c2ccc(OC(F)(F)C3CCC(CCCC(F)(F)F)CC3)cc2)c(N)c1. The zero-order valence-electron chi connectivity index (χ0n) is 20.3. The molecule has 0 amide bonds. The lowest BCUT2D eigenvalue weighted by Crippen LogP contribution is -2.37. The first-order valence-electron chi connectivity index (χ1n) is 12.1. The van der Waals surface area contributed by atoms with Gasteiger partial charge in [0.1, 0.15) is 12.4 Å². The van der Waals surface area contributed by atoms with E-state index >= 15 is 0 Å². The molecule has 0 heterocycles. The largest absolute Gasteiger partial charge is 0.458 e. The Hall–Kier alpha value is -3.30. The normalized spacial score (nSPS) is 18.6. The van der Waals surface area contributed by atoms with Crippen LogP contribution in [0.4, 0.5) is 33.3 Å². The number of esters is 1. The van der Waals surface area contributed by atoms with E-state index in [0.717, 1.165) is 0 Å².